The molecular weight excluding hydrogens is 214 g/mol. The van der Waals surface area contributed by atoms with Gasteiger partial charge < -0.3 is 15.8 Å². The monoisotopic (exact) mass is 241 g/mol. The molecule has 0 spiro atoms. The van der Waals surface area contributed by atoms with Crippen LogP contribution >= 0.6 is 0 Å². The lowest BCUT2D eigenvalue weighted by Crippen LogP contribution is -2.36. The van der Waals surface area contributed by atoms with Gasteiger partial charge in [-0.3, -0.25) is 0 Å². The minimum absolute atomic E-state index is 0.341. The Bertz CT molecular complexity index is 235. The maximum absolute atomic E-state index is 8.45. The van der Waals surface area contributed by atoms with Gasteiger partial charge in [0, 0.05) is 12.5 Å². The third-order valence-corrected chi connectivity index (χ3v) is 4.09. The van der Waals surface area contributed by atoms with Crippen molar-refractivity contribution < 1.29 is 5.21 Å². The van der Waals surface area contributed by atoms with Gasteiger partial charge in [-0.1, -0.05) is 18.5 Å². The first-order valence-electron chi connectivity index (χ1n) is 6.84. The summed E-state index contributed by atoms with van der Waals surface area (Å²) in [6.45, 7) is 3.34. The van der Waals surface area contributed by atoms with Gasteiger partial charge in [-0.25, -0.2) is 0 Å². The SMILES string of the molecule is CCC1CCC(N(C)CCC/C(N)=N/O)CC1. The van der Waals surface area contributed by atoms with Crippen molar-refractivity contribution in [3.8, 4) is 0 Å². The summed E-state index contributed by atoms with van der Waals surface area (Å²) in [5.41, 5.74) is 5.46. The van der Waals surface area contributed by atoms with Crippen LogP contribution < -0.4 is 5.73 Å². The Kier molecular flexibility index (Phi) is 6.34. The summed E-state index contributed by atoms with van der Waals surface area (Å²) in [5, 5.41) is 11.4. The lowest BCUT2D eigenvalue weighted by Gasteiger charge is -2.34. The van der Waals surface area contributed by atoms with Gasteiger partial charge in [0.1, 0.15) is 5.84 Å². The number of oxime groups is 1. The van der Waals surface area contributed by atoms with Crippen LogP contribution in [-0.4, -0.2) is 35.6 Å². The molecule has 1 fully saturated rings. The third-order valence-electron chi connectivity index (χ3n) is 4.09. The van der Waals surface area contributed by atoms with Crippen molar-refractivity contribution in [2.24, 2.45) is 16.8 Å². The molecule has 0 bridgehead atoms. The first-order valence-corrected chi connectivity index (χ1v) is 6.84. The van der Waals surface area contributed by atoms with Gasteiger partial charge in [0.15, 0.2) is 0 Å². The van der Waals surface area contributed by atoms with E-state index in [0.717, 1.165) is 24.9 Å². The lowest BCUT2D eigenvalue weighted by molar-refractivity contribution is 0.163. The molecular formula is C13H27N3O. The second-order valence-corrected chi connectivity index (χ2v) is 5.26. The van der Waals surface area contributed by atoms with Crippen molar-refractivity contribution in [1.82, 2.24) is 4.90 Å². The highest BCUT2D eigenvalue weighted by molar-refractivity contribution is 5.79. The van der Waals surface area contributed by atoms with Crippen molar-refractivity contribution in [1.29, 1.82) is 0 Å². The molecule has 3 N–H and O–H groups in total. The molecule has 0 aliphatic heterocycles. The molecule has 0 amide bonds. The molecule has 100 valence electrons. The fourth-order valence-electron chi connectivity index (χ4n) is 2.74. The Balaban J connectivity index is 2.18. The van der Waals surface area contributed by atoms with E-state index >= 15 is 0 Å². The number of hydrogen-bond donors (Lipinski definition) is 2. The van der Waals surface area contributed by atoms with Crippen molar-refractivity contribution in [3.63, 3.8) is 0 Å². The van der Waals surface area contributed by atoms with Crippen molar-refractivity contribution in [3.05, 3.63) is 0 Å². The summed E-state index contributed by atoms with van der Waals surface area (Å²) >= 11 is 0. The molecule has 0 aromatic carbocycles. The van der Waals surface area contributed by atoms with Crippen LogP contribution in [0.5, 0.6) is 0 Å². The molecule has 1 aliphatic rings. The van der Waals surface area contributed by atoms with Gasteiger partial charge >= 0.3 is 0 Å². The Morgan fingerprint density at radius 3 is 2.53 bits per heavy atom. The highest BCUT2D eigenvalue weighted by atomic mass is 16.4. The van der Waals surface area contributed by atoms with Gasteiger partial charge in [-0.2, -0.15) is 0 Å². The molecule has 4 heteroatoms. The van der Waals surface area contributed by atoms with Crippen LogP contribution in [0.15, 0.2) is 5.16 Å². The van der Waals surface area contributed by atoms with Crippen LogP contribution in [0.1, 0.15) is 51.9 Å². The average molecular weight is 241 g/mol. The molecule has 0 radical (unpaired) electrons. The zero-order chi connectivity index (χ0) is 12.7. The van der Waals surface area contributed by atoms with Gasteiger partial charge in [0.05, 0.1) is 0 Å². The Morgan fingerprint density at radius 2 is 2.00 bits per heavy atom. The second kappa shape index (κ2) is 7.54. The summed E-state index contributed by atoms with van der Waals surface area (Å²) in [6, 6.07) is 0.741. The quantitative estimate of drug-likeness (QED) is 0.325. The molecule has 0 aromatic rings. The van der Waals surface area contributed by atoms with E-state index in [1.807, 2.05) is 0 Å². The molecule has 1 saturated carbocycles. The van der Waals surface area contributed by atoms with Crippen molar-refractivity contribution in [2.45, 2.75) is 57.9 Å². The number of rotatable bonds is 6. The van der Waals surface area contributed by atoms with Gasteiger partial charge in [0.2, 0.25) is 0 Å². The molecule has 0 unspecified atom stereocenters. The number of amidine groups is 1. The summed E-state index contributed by atoms with van der Waals surface area (Å²) in [5.74, 6) is 1.30. The first-order chi connectivity index (χ1) is 8.17. The number of nitrogens with zero attached hydrogens (tertiary/aromatic N) is 2. The molecule has 1 rings (SSSR count). The first kappa shape index (κ1) is 14.3. The smallest absolute Gasteiger partial charge is 0.139 e. The topological polar surface area (TPSA) is 61.8 Å². The van der Waals surface area contributed by atoms with E-state index in [9.17, 15) is 0 Å². The summed E-state index contributed by atoms with van der Waals surface area (Å²) < 4.78 is 0. The minimum atomic E-state index is 0.341. The predicted octanol–water partition coefficient (Wildman–Crippen LogP) is 2.41. The fourth-order valence-corrected chi connectivity index (χ4v) is 2.74. The van der Waals surface area contributed by atoms with Gasteiger partial charge in [0.25, 0.3) is 0 Å². The molecule has 0 heterocycles. The normalized spacial score (nSPS) is 26.4. The highest BCUT2D eigenvalue weighted by Gasteiger charge is 2.22. The standard InChI is InChI=1S/C13H27N3O/c1-3-11-6-8-12(9-7-11)16(2)10-4-5-13(14)15-17/h11-12,17H,3-10H2,1-2H3,(H2,14,15). The Morgan fingerprint density at radius 1 is 1.35 bits per heavy atom. The molecule has 1 aliphatic carbocycles. The van der Waals surface area contributed by atoms with Crippen LogP contribution in [0.3, 0.4) is 0 Å². The summed E-state index contributed by atoms with van der Waals surface area (Å²) in [4.78, 5) is 2.44. The van der Waals surface area contributed by atoms with E-state index in [1.165, 1.54) is 32.1 Å². The molecule has 0 atom stereocenters. The highest BCUT2D eigenvalue weighted by Crippen LogP contribution is 2.28. The van der Waals surface area contributed by atoms with Crippen molar-refractivity contribution >= 4 is 5.84 Å². The molecule has 17 heavy (non-hydrogen) atoms. The van der Waals surface area contributed by atoms with Gasteiger partial charge in [-0.15, -0.1) is 0 Å². The second-order valence-electron chi connectivity index (χ2n) is 5.26. The lowest BCUT2D eigenvalue weighted by atomic mass is 9.84. The number of hydrogen-bond acceptors (Lipinski definition) is 3. The van der Waals surface area contributed by atoms with E-state index in [0.29, 0.717) is 12.3 Å². The minimum Gasteiger partial charge on any atom is -0.409 e. The summed E-state index contributed by atoms with van der Waals surface area (Å²) in [6.07, 6.45) is 8.42. The zero-order valence-electron chi connectivity index (χ0n) is 11.2. The Hall–Kier alpha value is -0.770. The van der Waals surface area contributed by atoms with E-state index < -0.39 is 0 Å². The summed E-state index contributed by atoms with van der Waals surface area (Å²) in [7, 11) is 2.20. The van der Waals surface area contributed by atoms with Crippen molar-refractivity contribution in [2.75, 3.05) is 13.6 Å². The van der Waals surface area contributed by atoms with Crippen LogP contribution in [0.2, 0.25) is 0 Å². The van der Waals surface area contributed by atoms with Gasteiger partial charge in [-0.05, 0) is 51.6 Å². The van der Waals surface area contributed by atoms with Crippen LogP contribution in [-0.2, 0) is 0 Å². The van der Waals surface area contributed by atoms with E-state index in [4.69, 9.17) is 10.9 Å². The number of nitrogens with two attached hydrogens (primary N) is 1. The fraction of sp³-hybridized carbons (Fsp3) is 0.923. The Labute approximate surface area is 105 Å². The largest absolute Gasteiger partial charge is 0.409 e. The van der Waals surface area contributed by atoms with Crippen LogP contribution in [0.25, 0.3) is 0 Å². The molecule has 0 saturated heterocycles. The third kappa shape index (κ3) is 4.94. The van der Waals surface area contributed by atoms with E-state index in [1.54, 1.807) is 0 Å². The molecule has 0 aromatic heterocycles. The van der Waals surface area contributed by atoms with E-state index in [-0.39, 0.29) is 0 Å². The zero-order valence-corrected chi connectivity index (χ0v) is 11.2. The maximum atomic E-state index is 8.45. The maximum Gasteiger partial charge on any atom is 0.139 e. The predicted molar refractivity (Wildman–Crippen MR) is 71.3 cm³/mol. The molecule has 4 nitrogen and oxygen atoms in total. The van der Waals surface area contributed by atoms with E-state index in [2.05, 4.69) is 24.0 Å². The average Bonchev–Trinajstić information content (AvgIpc) is 2.38. The van der Waals surface area contributed by atoms with Crippen LogP contribution in [0, 0.1) is 5.92 Å². The van der Waals surface area contributed by atoms with Crippen LogP contribution in [0.4, 0.5) is 0 Å².